The van der Waals surface area contributed by atoms with E-state index >= 15 is 0 Å². The van der Waals surface area contributed by atoms with Crippen molar-refractivity contribution < 1.29 is 20.3 Å². The number of nitrogens with one attached hydrogen (secondary N) is 1. The van der Waals surface area contributed by atoms with E-state index in [2.05, 4.69) is 10.2 Å². The van der Waals surface area contributed by atoms with E-state index in [4.69, 9.17) is 5.21 Å². The van der Waals surface area contributed by atoms with Gasteiger partial charge in [0.25, 0.3) is 0 Å². The molecule has 0 radical (unpaired) electrons. The van der Waals surface area contributed by atoms with Gasteiger partial charge in [-0.05, 0) is 12.1 Å². The molecule has 1 heterocycles. The summed E-state index contributed by atoms with van der Waals surface area (Å²) in [6.45, 7) is 1.33. The van der Waals surface area contributed by atoms with Crippen molar-refractivity contribution in [2.75, 3.05) is 0 Å². The summed E-state index contributed by atoms with van der Waals surface area (Å²) in [4.78, 5) is 11.8. The van der Waals surface area contributed by atoms with Gasteiger partial charge in [-0.3, -0.25) is 4.79 Å². The van der Waals surface area contributed by atoms with Crippen molar-refractivity contribution in [2.45, 2.75) is 6.92 Å². The highest BCUT2D eigenvalue weighted by Gasteiger charge is 2.19. The Kier molecular flexibility index (Phi) is 4.09. The van der Waals surface area contributed by atoms with Crippen molar-refractivity contribution in [3.63, 3.8) is 0 Å². The van der Waals surface area contributed by atoms with Crippen LogP contribution < -0.4 is 5.23 Å². The number of quaternary nitrogens is 1. The average Bonchev–Trinajstić information content (AvgIpc) is 2.84. The van der Waals surface area contributed by atoms with Gasteiger partial charge in [0.1, 0.15) is 5.69 Å². The van der Waals surface area contributed by atoms with Crippen LogP contribution in [0.4, 0.5) is 17.1 Å². The quantitative estimate of drug-likeness (QED) is 0.507. The number of aromatic nitrogens is 1. The summed E-state index contributed by atoms with van der Waals surface area (Å²) in [7, 11) is 0. The molecule has 1 unspecified atom stereocenters. The number of fused-ring (bicyclic) bond motifs is 1. The van der Waals surface area contributed by atoms with Crippen LogP contribution in [0.5, 0.6) is 5.88 Å². The first kappa shape index (κ1) is 15.8. The molecule has 0 saturated heterocycles. The number of aromatic hydroxyl groups is 1. The number of carbonyl (C=O) groups is 1. The summed E-state index contributed by atoms with van der Waals surface area (Å²) in [6.07, 6.45) is 0. The van der Waals surface area contributed by atoms with Gasteiger partial charge in [0, 0.05) is 18.4 Å². The second-order valence-corrected chi connectivity index (χ2v) is 5.07. The molecular formula is C16H14N4O4. The largest absolute Gasteiger partial charge is 0.595 e. The standard InChI is InChI=1S/C16H14N4O4/c1-10(21)19-13-8-4-2-6-11(13)15(16(19)22)18-17-12-7-3-5-9-14(12)20(23)24/h2-9,20,22-23H,1H3. The molecule has 0 aliphatic carbocycles. The van der Waals surface area contributed by atoms with Crippen molar-refractivity contribution in [3.8, 4) is 5.88 Å². The van der Waals surface area contributed by atoms with Crippen LogP contribution in [0.25, 0.3) is 10.9 Å². The molecule has 24 heavy (non-hydrogen) atoms. The van der Waals surface area contributed by atoms with E-state index in [-0.39, 0.29) is 28.8 Å². The van der Waals surface area contributed by atoms with E-state index in [1.165, 1.54) is 19.1 Å². The summed E-state index contributed by atoms with van der Waals surface area (Å²) in [6, 6.07) is 13.0. The lowest BCUT2D eigenvalue weighted by molar-refractivity contribution is -0.990. The fourth-order valence-electron chi connectivity index (χ4n) is 2.47. The van der Waals surface area contributed by atoms with E-state index in [0.717, 1.165) is 4.57 Å². The van der Waals surface area contributed by atoms with Gasteiger partial charge in [-0.1, -0.05) is 30.3 Å². The normalized spacial score (nSPS) is 12.8. The first-order valence-corrected chi connectivity index (χ1v) is 7.08. The third-order valence-electron chi connectivity index (χ3n) is 3.53. The molecule has 0 saturated carbocycles. The smallest absolute Gasteiger partial charge is 0.230 e. The Morgan fingerprint density at radius 1 is 1.12 bits per heavy atom. The maximum absolute atomic E-state index is 11.8. The molecule has 8 nitrogen and oxygen atoms in total. The number of nitrogens with zero attached hydrogens (tertiary/aromatic N) is 3. The number of benzene rings is 2. The molecule has 1 atom stereocenters. The van der Waals surface area contributed by atoms with Crippen LogP contribution >= 0.6 is 0 Å². The molecule has 0 bridgehead atoms. The molecule has 0 aliphatic rings. The summed E-state index contributed by atoms with van der Waals surface area (Å²) in [5.41, 5.74) is 0.768. The molecule has 0 aliphatic heterocycles. The van der Waals surface area contributed by atoms with Gasteiger partial charge in [0.15, 0.2) is 11.4 Å². The fourth-order valence-corrected chi connectivity index (χ4v) is 2.47. The highest BCUT2D eigenvalue weighted by atomic mass is 16.8. The van der Waals surface area contributed by atoms with Crippen LogP contribution in [0.15, 0.2) is 58.8 Å². The lowest BCUT2D eigenvalue weighted by Gasteiger charge is -2.12. The minimum Gasteiger partial charge on any atom is -0.595 e. The Balaban J connectivity index is 2.15. The van der Waals surface area contributed by atoms with E-state index in [0.29, 0.717) is 10.9 Å². The van der Waals surface area contributed by atoms with Gasteiger partial charge >= 0.3 is 0 Å². The number of carbonyl (C=O) groups excluding carboxylic acids is 1. The zero-order chi connectivity index (χ0) is 17.3. The lowest BCUT2D eigenvalue weighted by Crippen LogP contribution is -2.99. The van der Waals surface area contributed by atoms with Crippen LogP contribution in [-0.4, -0.2) is 20.8 Å². The Hall–Kier alpha value is -3.07. The number of rotatable bonds is 3. The third-order valence-corrected chi connectivity index (χ3v) is 3.53. The van der Waals surface area contributed by atoms with E-state index in [1.807, 2.05) is 0 Å². The molecule has 3 N–H and O–H groups in total. The number of hydrogen-bond acceptors (Lipinski definition) is 6. The Labute approximate surface area is 136 Å². The molecule has 0 amide bonds. The van der Waals surface area contributed by atoms with Crippen LogP contribution in [0.1, 0.15) is 11.7 Å². The van der Waals surface area contributed by atoms with E-state index in [9.17, 15) is 15.1 Å². The molecule has 0 fully saturated rings. The van der Waals surface area contributed by atoms with Crippen LogP contribution in [0.3, 0.4) is 0 Å². The van der Waals surface area contributed by atoms with Crippen molar-refractivity contribution in [3.05, 3.63) is 53.7 Å². The predicted molar refractivity (Wildman–Crippen MR) is 86.3 cm³/mol. The molecule has 2 aromatic carbocycles. The summed E-state index contributed by atoms with van der Waals surface area (Å²) in [5, 5.41) is 38.0. The van der Waals surface area contributed by atoms with Gasteiger partial charge in [0.2, 0.25) is 11.8 Å². The zero-order valence-corrected chi connectivity index (χ0v) is 12.7. The SMILES string of the molecule is CC(=O)n1c(O)c(N=Nc2ccccc2[NH+]([O-])O)c2ccccc21. The maximum Gasteiger partial charge on any atom is 0.230 e. The van der Waals surface area contributed by atoms with Gasteiger partial charge in [0.05, 0.1) is 5.52 Å². The van der Waals surface area contributed by atoms with Gasteiger partial charge in [-0.25, -0.2) is 9.77 Å². The number of azo groups is 1. The molecule has 1 aromatic heterocycles. The average molecular weight is 326 g/mol. The molecular weight excluding hydrogens is 312 g/mol. The monoisotopic (exact) mass is 326 g/mol. The predicted octanol–water partition coefficient (Wildman–Crippen LogP) is 2.83. The van der Waals surface area contributed by atoms with Gasteiger partial charge in [-0.15, -0.1) is 10.2 Å². The molecule has 8 heteroatoms. The van der Waals surface area contributed by atoms with Gasteiger partial charge < -0.3 is 10.3 Å². The van der Waals surface area contributed by atoms with Crippen LogP contribution in [0, 0.1) is 5.21 Å². The van der Waals surface area contributed by atoms with Crippen LogP contribution in [0.2, 0.25) is 0 Å². The Morgan fingerprint density at radius 2 is 1.79 bits per heavy atom. The number of hydrogen-bond donors (Lipinski definition) is 3. The maximum atomic E-state index is 11.8. The molecule has 0 spiro atoms. The van der Waals surface area contributed by atoms with Crippen LogP contribution in [-0.2, 0) is 0 Å². The second-order valence-electron chi connectivity index (χ2n) is 5.07. The second kappa shape index (κ2) is 6.20. The summed E-state index contributed by atoms with van der Waals surface area (Å²) in [5.74, 6) is -0.698. The van der Waals surface area contributed by atoms with Crippen molar-refractivity contribution in [2.24, 2.45) is 10.2 Å². The summed E-state index contributed by atoms with van der Waals surface area (Å²) >= 11 is 0. The first-order valence-electron chi connectivity index (χ1n) is 7.08. The lowest BCUT2D eigenvalue weighted by atomic mass is 10.2. The Morgan fingerprint density at radius 3 is 2.50 bits per heavy atom. The molecule has 3 aromatic rings. The summed E-state index contributed by atoms with van der Waals surface area (Å²) < 4.78 is 1.13. The minimum atomic E-state index is -1.13. The number of para-hydroxylation sites is 2. The first-order chi connectivity index (χ1) is 11.5. The highest BCUT2D eigenvalue weighted by molar-refractivity contribution is 6.01. The van der Waals surface area contributed by atoms with Gasteiger partial charge in [-0.2, -0.15) is 5.23 Å². The van der Waals surface area contributed by atoms with E-state index < -0.39 is 5.23 Å². The minimum absolute atomic E-state index is 0.00366. The fraction of sp³-hybridized carbons (Fsp3) is 0.0625. The van der Waals surface area contributed by atoms with Crippen molar-refractivity contribution >= 4 is 33.9 Å². The zero-order valence-electron chi connectivity index (χ0n) is 12.7. The molecule has 3 rings (SSSR count). The topological polar surface area (TPSA) is 115 Å². The van der Waals surface area contributed by atoms with E-state index in [1.54, 1.807) is 36.4 Å². The van der Waals surface area contributed by atoms with Crippen molar-refractivity contribution in [1.29, 1.82) is 0 Å². The highest BCUT2D eigenvalue weighted by Crippen LogP contribution is 2.39. The molecule has 122 valence electrons. The Bertz CT molecular complexity index is 946. The van der Waals surface area contributed by atoms with Crippen molar-refractivity contribution in [1.82, 2.24) is 4.57 Å². The third kappa shape index (κ3) is 2.65.